The molecule has 0 aliphatic heterocycles. The average Bonchev–Trinajstić information content (AvgIpc) is 2.37. The number of rotatable bonds is 7. The smallest absolute Gasteiger partial charge is 0.303 e. The second-order valence-electron chi connectivity index (χ2n) is 4.77. The first-order valence-electron chi connectivity index (χ1n) is 6.36. The van der Waals surface area contributed by atoms with Crippen molar-refractivity contribution in [1.82, 2.24) is 0 Å². The minimum atomic E-state index is -1.30. The number of nitro benzene ring substituents is 1. The number of halogens is 2. The molecule has 0 unspecified atom stereocenters. The summed E-state index contributed by atoms with van der Waals surface area (Å²) in [7, 11) is 0. The fourth-order valence-corrected chi connectivity index (χ4v) is 1.98. The van der Waals surface area contributed by atoms with E-state index >= 15 is 0 Å². The zero-order valence-corrected chi connectivity index (χ0v) is 11.7. The third-order valence-corrected chi connectivity index (χ3v) is 2.94. The van der Waals surface area contributed by atoms with E-state index in [4.69, 9.17) is 5.11 Å². The Morgan fingerprint density at radius 2 is 2.05 bits per heavy atom. The van der Waals surface area contributed by atoms with Crippen molar-refractivity contribution in [1.29, 1.82) is 0 Å². The number of carboxylic acids is 1. The molecule has 6 nitrogen and oxygen atoms in total. The highest BCUT2D eigenvalue weighted by molar-refractivity contribution is 5.67. The summed E-state index contributed by atoms with van der Waals surface area (Å²) in [6.45, 7) is 3.40. The van der Waals surface area contributed by atoms with E-state index in [1.54, 1.807) is 13.8 Å². The van der Waals surface area contributed by atoms with Gasteiger partial charge in [-0.25, -0.2) is 8.78 Å². The molecule has 1 aromatic carbocycles. The van der Waals surface area contributed by atoms with Gasteiger partial charge in [-0.15, -0.1) is 0 Å². The average molecular weight is 302 g/mol. The lowest BCUT2D eigenvalue weighted by Gasteiger charge is -2.28. The zero-order chi connectivity index (χ0) is 16.2. The Morgan fingerprint density at radius 1 is 1.43 bits per heavy atom. The number of carboxylic acid groups (broad SMARTS) is 1. The maximum atomic E-state index is 14.0. The van der Waals surface area contributed by atoms with Gasteiger partial charge in [0.05, 0.1) is 4.92 Å². The van der Waals surface area contributed by atoms with E-state index in [9.17, 15) is 23.7 Å². The van der Waals surface area contributed by atoms with Gasteiger partial charge < -0.3 is 10.0 Å². The lowest BCUT2D eigenvalue weighted by molar-refractivity contribution is -0.384. The van der Waals surface area contributed by atoms with E-state index in [2.05, 4.69) is 0 Å². The normalized spacial score (nSPS) is 10.7. The Bertz CT molecular complexity index is 549. The Hall–Kier alpha value is -2.25. The van der Waals surface area contributed by atoms with E-state index in [1.165, 1.54) is 4.90 Å². The van der Waals surface area contributed by atoms with Crippen molar-refractivity contribution in [2.75, 3.05) is 11.4 Å². The minimum absolute atomic E-state index is 0.0746. The molecule has 0 aliphatic carbocycles. The number of nitrogens with zero attached hydrogens (tertiary/aromatic N) is 2. The molecule has 1 aromatic rings. The van der Waals surface area contributed by atoms with Crippen molar-refractivity contribution in [3.63, 3.8) is 0 Å². The molecule has 0 bridgehead atoms. The van der Waals surface area contributed by atoms with Gasteiger partial charge >= 0.3 is 5.97 Å². The third-order valence-electron chi connectivity index (χ3n) is 2.94. The SMILES string of the molecule is CC(C)N(CCCC(=O)O)c1c([N+](=O)[O-])ccc(F)c1F. The molecule has 1 N–H and O–H groups in total. The molecule has 0 aliphatic rings. The van der Waals surface area contributed by atoms with Gasteiger partial charge in [0.15, 0.2) is 17.3 Å². The van der Waals surface area contributed by atoms with E-state index < -0.39 is 33.9 Å². The van der Waals surface area contributed by atoms with Crippen molar-refractivity contribution in [2.45, 2.75) is 32.7 Å². The van der Waals surface area contributed by atoms with E-state index in [1.807, 2.05) is 0 Å². The van der Waals surface area contributed by atoms with E-state index in [0.717, 1.165) is 6.07 Å². The van der Waals surface area contributed by atoms with Crippen molar-refractivity contribution in [3.8, 4) is 0 Å². The molecule has 0 saturated carbocycles. The molecule has 0 spiro atoms. The molecule has 0 radical (unpaired) electrons. The van der Waals surface area contributed by atoms with Crippen LogP contribution in [0, 0.1) is 21.7 Å². The van der Waals surface area contributed by atoms with Gasteiger partial charge in [-0.1, -0.05) is 0 Å². The second kappa shape index (κ2) is 6.96. The van der Waals surface area contributed by atoms with E-state index in [0.29, 0.717) is 6.07 Å². The molecule has 0 saturated heterocycles. The van der Waals surface area contributed by atoms with Crippen LogP contribution in [0.1, 0.15) is 26.7 Å². The Labute approximate surface area is 120 Å². The van der Waals surface area contributed by atoms with Crippen LogP contribution in [0.15, 0.2) is 12.1 Å². The Morgan fingerprint density at radius 3 is 2.52 bits per heavy atom. The van der Waals surface area contributed by atoms with Crippen LogP contribution in [0.2, 0.25) is 0 Å². The summed E-state index contributed by atoms with van der Waals surface area (Å²) in [6, 6.07) is 1.25. The van der Waals surface area contributed by atoms with Crippen LogP contribution < -0.4 is 4.90 Å². The summed E-state index contributed by atoms with van der Waals surface area (Å²) >= 11 is 0. The highest BCUT2D eigenvalue weighted by Crippen LogP contribution is 2.34. The summed E-state index contributed by atoms with van der Waals surface area (Å²) in [4.78, 5) is 22.0. The largest absolute Gasteiger partial charge is 0.481 e. The van der Waals surface area contributed by atoms with Gasteiger partial charge in [0.1, 0.15) is 0 Å². The quantitative estimate of drug-likeness (QED) is 0.618. The Kier molecular flexibility index (Phi) is 5.57. The number of nitro groups is 1. The zero-order valence-electron chi connectivity index (χ0n) is 11.7. The molecule has 0 amide bonds. The number of hydrogen-bond donors (Lipinski definition) is 1. The van der Waals surface area contributed by atoms with Crippen LogP contribution in [0.25, 0.3) is 0 Å². The van der Waals surface area contributed by atoms with Crippen molar-refractivity contribution in [2.24, 2.45) is 0 Å². The third kappa shape index (κ3) is 4.11. The lowest BCUT2D eigenvalue weighted by atomic mass is 10.1. The van der Waals surface area contributed by atoms with Crippen molar-refractivity contribution < 1.29 is 23.6 Å². The van der Waals surface area contributed by atoms with Gasteiger partial charge in [0.2, 0.25) is 0 Å². The van der Waals surface area contributed by atoms with Gasteiger partial charge in [0, 0.05) is 25.1 Å². The minimum Gasteiger partial charge on any atom is -0.481 e. The first-order valence-corrected chi connectivity index (χ1v) is 6.36. The fraction of sp³-hybridized carbons (Fsp3) is 0.462. The van der Waals surface area contributed by atoms with Crippen molar-refractivity contribution in [3.05, 3.63) is 33.9 Å². The standard InChI is InChI=1S/C13H16F2N2O4/c1-8(2)16(7-3-4-11(18)19)13-10(17(20)21)6-5-9(14)12(13)15/h5-6,8H,3-4,7H2,1-2H3,(H,18,19). The molecule has 0 atom stereocenters. The summed E-state index contributed by atoms with van der Waals surface area (Å²) in [5.74, 6) is -3.50. The van der Waals surface area contributed by atoms with Gasteiger partial charge in [0.25, 0.3) is 5.69 Å². The molecule has 8 heteroatoms. The summed E-state index contributed by atoms with van der Waals surface area (Å²) in [5.41, 5.74) is -0.988. The molecule has 0 aromatic heterocycles. The highest BCUT2D eigenvalue weighted by atomic mass is 19.2. The van der Waals surface area contributed by atoms with Crippen LogP contribution in [-0.4, -0.2) is 28.6 Å². The van der Waals surface area contributed by atoms with Crippen LogP contribution in [0.5, 0.6) is 0 Å². The maximum absolute atomic E-state index is 14.0. The Balaban J connectivity index is 3.20. The molecular formula is C13H16F2N2O4. The number of carbonyl (C=O) groups is 1. The van der Waals surface area contributed by atoms with Crippen molar-refractivity contribution >= 4 is 17.3 Å². The number of hydrogen-bond acceptors (Lipinski definition) is 4. The maximum Gasteiger partial charge on any atom is 0.303 e. The molecule has 116 valence electrons. The fourth-order valence-electron chi connectivity index (χ4n) is 1.98. The summed E-state index contributed by atoms with van der Waals surface area (Å²) in [5, 5.41) is 19.6. The first-order chi connectivity index (χ1) is 9.75. The predicted octanol–water partition coefficient (Wildman–Crippen LogP) is 2.95. The number of aliphatic carboxylic acids is 1. The van der Waals surface area contributed by atoms with E-state index in [-0.39, 0.29) is 25.4 Å². The van der Waals surface area contributed by atoms with Gasteiger partial charge in [-0.2, -0.15) is 0 Å². The lowest BCUT2D eigenvalue weighted by Crippen LogP contribution is -2.33. The first kappa shape index (κ1) is 16.8. The summed E-state index contributed by atoms with van der Waals surface area (Å²) < 4.78 is 27.4. The monoisotopic (exact) mass is 302 g/mol. The van der Waals surface area contributed by atoms with Crippen LogP contribution in [0.4, 0.5) is 20.2 Å². The summed E-state index contributed by atoms with van der Waals surface area (Å²) in [6.07, 6.45) is 0.00851. The predicted molar refractivity (Wildman–Crippen MR) is 72.4 cm³/mol. The number of anilines is 1. The molecule has 0 heterocycles. The van der Waals surface area contributed by atoms with Crippen LogP contribution >= 0.6 is 0 Å². The molecular weight excluding hydrogens is 286 g/mol. The second-order valence-corrected chi connectivity index (χ2v) is 4.77. The number of benzene rings is 1. The molecule has 1 rings (SSSR count). The van der Waals surface area contributed by atoms with Crippen LogP contribution in [-0.2, 0) is 4.79 Å². The molecule has 21 heavy (non-hydrogen) atoms. The van der Waals surface area contributed by atoms with Gasteiger partial charge in [-0.05, 0) is 26.3 Å². The van der Waals surface area contributed by atoms with Crippen LogP contribution in [0.3, 0.4) is 0 Å². The highest BCUT2D eigenvalue weighted by Gasteiger charge is 2.27. The van der Waals surface area contributed by atoms with Gasteiger partial charge in [-0.3, -0.25) is 14.9 Å². The molecule has 0 fully saturated rings. The topological polar surface area (TPSA) is 83.7 Å².